The summed E-state index contributed by atoms with van der Waals surface area (Å²) in [5.74, 6) is -0.0121. The van der Waals surface area contributed by atoms with Crippen LogP contribution in [0.25, 0.3) is 0 Å². The predicted octanol–water partition coefficient (Wildman–Crippen LogP) is -1.02. The first-order valence-electron chi connectivity index (χ1n) is 5.16. The number of aromatic nitrogens is 2. The highest BCUT2D eigenvalue weighted by molar-refractivity contribution is 5.90. The summed E-state index contributed by atoms with van der Waals surface area (Å²) < 4.78 is 5.21. The van der Waals surface area contributed by atoms with Crippen LogP contribution in [-0.4, -0.2) is 48.2 Å². The minimum absolute atomic E-state index is 0.119. The Hall–Kier alpha value is -2.02. The number of nitrogens with two attached hydrogens (primary N) is 1. The Morgan fingerprint density at radius 2 is 2.35 bits per heavy atom. The van der Waals surface area contributed by atoms with Gasteiger partial charge >= 0.3 is 0 Å². The number of morpholine rings is 1. The van der Waals surface area contributed by atoms with Gasteiger partial charge in [0.2, 0.25) is 0 Å². The molecule has 1 aromatic rings. The van der Waals surface area contributed by atoms with Crippen LogP contribution in [0.4, 0.5) is 5.82 Å². The molecule has 1 atom stereocenters. The van der Waals surface area contributed by atoms with E-state index in [1.807, 2.05) is 4.90 Å². The number of aldehydes is 1. The molecule has 0 aromatic carbocycles. The zero-order valence-corrected chi connectivity index (χ0v) is 9.07. The van der Waals surface area contributed by atoms with E-state index in [9.17, 15) is 9.59 Å². The van der Waals surface area contributed by atoms with Crippen molar-refractivity contribution in [3.63, 3.8) is 0 Å². The number of amides is 1. The van der Waals surface area contributed by atoms with Crippen molar-refractivity contribution in [3.05, 3.63) is 17.8 Å². The molecular weight excluding hydrogens is 224 g/mol. The molecule has 0 aliphatic carbocycles. The van der Waals surface area contributed by atoms with Crippen molar-refractivity contribution in [2.24, 2.45) is 5.73 Å². The minimum Gasteiger partial charge on any atom is -0.367 e. The van der Waals surface area contributed by atoms with Gasteiger partial charge in [-0.1, -0.05) is 0 Å². The van der Waals surface area contributed by atoms with E-state index in [-0.39, 0.29) is 5.69 Å². The molecule has 0 radical (unpaired) electrons. The van der Waals surface area contributed by atoms with Crippen LogP contribution in [0.3, 0.4) is 0 Å². The Kier molecular flexibility index (Phi) is 3.29. The largest absolute Gasteiger partial charge is 0.367 e. The number of hydrogen-bond donors (Lipinski definition) is 1. The van der Waals surface area contributed by atoms with Crippen molar-refractivity contribution in [1.82, 2.24) is 10.2 Å². The minimum atomic E-state index is -0.614. The second-order valence-electron chi connectivity index (χ2n) is 3.63. The van der Waals surface area contributed by atoms with Crippen LogP contribution in [-0.2, 0) is 9.53 Å². The molecule has 0 saturated carbocycles. The lowest BCUT2D eigenvalue weighted by atomic mass is 10.3. The molecule has 1 fully saturated rings. The Morgan fingerprint density at radius 1 is 1.53 bits per heavy atom. The molecule has 1 aromatic heterocycles. The molecule has 7 nitrogen and oxygen atoms in total. The van der Waals surface area contributed by atoms with Crippen LogP contribution in [0.15, 0.2) is 12.1 Å². The smallest absolute Gasteiger partial charge is 0.269 e. The Morgan fingerprint density at radius 3 is 2.94 bits per heavy atom. The number of hydrogen-bond acceptors (Lipinski definition) is 6. The van der Waals surface area contributed by atoms with Crippen LogP contribution in [0, 0.1) is 0 Å². The lowest BCUT2D eigenvalue weighted by molar-refractivity contribution is -0.118. The second-order valence-corrected chi connectivity index (χ2v) is 3.63. The summed E-state index contributed by atoms with van der Waals surface area (Å²) in [6.07, 6.45) is 0.318. The average molecular weight is 236 g/mol. The molecule has 1 aliphatic heterocycles. The predicted molar refractivity (Wildman–Crippen MR) is 58.6 cm³/mol. The molecule has 0 spiro atoms. The Labute approximate surface area is 97.6 Å². The van der Waals surface area contributed by atoms with Crippen molar-refractivity contribution in [2.75, 3.05) is 24.6 Å². The van der Waals surface area contributed by atoms with Gasteiger partial charge in [-0.15, -0.1) is 10.2 Å². The summed E-state index contributed by atoms with van der Waals surface area (Å²) in [4.78, 5) is 23.3. The van der Waals surface area contributed by atoms with Gasteiger partial charge in [0.25, 0.3) is 5.91 Å². The van der Waals surface area contributed by atoms with E-state index >= 15 is 0 Å². The molecule has 0 bridgehead atoms. The molecule has 7 heteroatoms. The summed E-state index contributed by atoms with van der Waals surface area (Å²) >= 11 is 0. The number of carbonyl (C=O) groups excluding carboxylic acids is 2. The molecule has 1 aliphatic rings. The zero-order valence-electron chi connectivity index (χ0n) is 9.07. The van der Waals surface area contributed by atoms with Crippen LogP contribution in [0.1, 0.15) is 10.5 Å². The number of ether oxygens (including phenoxy) is 1. The van der Waals surface area contributed by atoms with Gasteiger partial charge < -0.3 is 20.2 Å². The number of rotatable bonds is 3. The maximum Gasteiger partial charge on any atom is 0.269 e. The van der Waals surface area contributed by atoms with E-state index in [0.717, 1.165) is 6.29 Å². The molecule has 2 heterocycles. The summed E-state index contributed by atoms with van der Waals surface area (Å²) in [6.45, 7) is 1.53. The molecule has 0 unspecified atom stereocenters. The molecule has 17 heavy (non-hydrogen) atoms. The van der Waals surface area contributed by atoms with Gasteiger partial charge in [0.15, 0.2) is 17.8 Å². The van der Waals surface area contributed by atoms with Gasteiger partial charge in [0, 0.05) is 6.54 Å². The van der Waals surface area contributed by atoms with Crippen LogP contribution >= 0.6 is 0 Å². The molecule has 2 rings (SSSR count). The first-order valence-corrected chi connectivity index (χ1v) is 5.16. The van der Waals surface area contributed by atoms with E-state index in [0.29, 0.717) is 25.5 Å². The Bertz CT molecular complexity index is 420. The van der Waals surface area contributed by atoms with Crippen molar-refractivity contribution in [2.45, 2.75) is 6.10 Å². The summed E-state index contributed by atoms with van der Waals surface area (Å²) in [5, 5.41) is 7.60. The molecule has 2 N–H and O–H groups in total. The highest BCUT2D eigenvalue weighted by Gasteiger charge is 2.21. The van der Waals surface area contributed by atoms with Gasteiger partial charge in [-0.3, -0.25) is 4.79 Å². The summed E-state index contributed by atoms with van der Waals surface area (Å²) in [5.41, 5.74) is 5.18. The standard InChI is InChI=1S/C10H12N4O3/c11-10(16)8-1-2-9(13-12-8)14-3-4-17-7(5-14)6-15/h1-2,6-7H,3-5H2,(H2,11,16)/t7-/m0/s1. The van der Waals surface area contributed by atoms with Crippen LogP contribution in [0.5, 0.6) is 0 Å². The quantitative estimate of drug-likeness (QED) is 0.674. The topological polar surface area (TPSA) is 98.4 Å². The maximum atomic E-state index is 10.8. The first kappa shape index (κ1) is 11.5. The van der Waals surface area contributed by atoms with Crippen LogP contribution < -0.4 is 10.6 Å². The fourth-order valence-corrected chi connectivity index (χ4v) is 1.59. The van der Waals surface area contributed by atoms with Crippen molar-refractivity contribution in [3.8, 4) is 0 Å². The third-order valence-corrected chi connectivity index (χ3v) is 2.47. The van der Waals surface area contributed by atoms with E-state index in [2.05, 4.69) is 10.2 Å². The zero-order chi connectivity index (χ0) is 12.3. The molecular formula is C10H12N4O3. The highest BCUT2D eigenvalue weighted by atomic mass is 16.5. The summed E-state index contributed by atoms with van der Waals surface area (Å²) in [7, 11) is 0. The lowest BCUT2D eigenvalue weighted by Crippen LogP contribution is -2.43. The number of nitrogens with zero attached hydrogens (tertiary/aromatic N) is 3. The Balaban J connectivity index is 2.11. The van der Waals surface area contributed by atoms with Gasteiger partial charge in [-0.2, -0.15) is 0 Å². The van der Waals surface area contributed by atoms with Gasteiger partial charge in [0.05, 0.1) is 13.2 Å². The van der Waals surface area contributed by atoms with E-state index in [1.165, 1.54) is 6.07 Å². The fourth-order valence-electron chi connectivity index (χ4n) is 1.59. The first-order chi connectivity index (χ1) is 8.20. The second kappa shape index (κ2) is 4.88. The third kappa shape index (κ3) is 2.56. The highest BCUT2D eigenvalue weighted by Crippen LogP contribution is 2.13. The fraction of sp³-hybridized carbons (Fsp3) is 0.400. The summed E-state index contributed by atoms with van der Waals surface area (Å²) in [6, 6.07) is 3.16. The molecule has 1 amide bonds. The normalized spacial score (nSPS) is 20.0. The van der Waals surface area contributed by atoms with E-state index in [4.69, 9.17) is 10.5 Å². The maximum absolute atomic E-state index is 10.8. The number of primary amides is 1. The lowest BCUT2D eigenvalue weighted by Gasteiger charge is -2.30. The van der Waals surface area contributed by atoms with E-state index < -0.39 is 12.0 Å². The van der Waals surface area contributed by atoms with E-state index in [1.54, 1.807) is 6.07 Å². The third-order valence-electron chi connectivity index (χ3n) is 2.47. The number of carbonyl (C=O) groups is 2. The van der Waals surface area contributed by atoms with Crippen LogP contribution in [0.2, 0.25) is 0 Å². The average Bonchev–Trinajstić information content (AvgIpc) is 2.39. The number of anilines is 1. The van der Waals surface area contributed by atoms with Gasteiger partial charge in [0.1, 0.15) is 6.10 Å². The van der Waals surface area contributed by atoms with Crippen molar-refractivity contribution >= 4 is 18.0 Å². The molecule has 90 valence electrons. The monoisotopic (exact) mass is 236 g/mol. The van der Waals surface area contributed by atoms with Crippen molar-refractivity contribution < 1.29 is 14.3 Å². The van der Waals surface area contributed by atoms with Gasteiger partial charge in [-0.25, -0.2) is 0 Å². The van der Waals surface area contributed by atoms with Gasteiger partial charge in [-0.05, 0) is 12.1 Å². The SMILES string of the molecule is NC(=O)c1ccc(N2CCO[C@H](C=O)C2)nn1. The van der Waals surface area contributed by atoms with Crippen molar-refractivity contribution in [1.29, 1.82) is 0 Å². The molecule has 1 saturated heterocycles.